The van der Waals surface area contributed by atoms with Gasteiger partial charge in [0, 0.05) is 5.56 Å². The van der Waals surface area contributed by atoms with Crippen molar-refractivity contribution in [1.29, 1.82) is 0 Å². The van der Waals surface area contributed by atoms with Crippen molar-refractivity contribution in [3.63, 3.8) is 0 Å². The van der Waals surface area contributed by atoms with Crippen LogP contribution in [0.4, 0.5) is 0 Å². The predicted molar refractivity (Wildman–Crippen MR) is 84.4 cm³/mol. The maximum Gasteiger partial charge on any atom is 0.124 e. The highest BCUT2D eigenvalue weighted by Crippen LogP contribution is 2.31. The van der Waals surface area contributed by atoms with Crippen molar-refractivity contribution in [1.82, 2.24) is 5.43 Å². The van der Waals surface area contributed by atoms with Crippen molar-refractivity contribution in [2.75, 3.05) is 13.2 Å². The Morgan fingerprint density at radius 1 is 1.00 bits per heavy atom. The number of ether oxygens (including phenoxy) is 2. The Morgan fingerprint density at radius 3 is 2.48 bits per heavy atom. The normalized spacial score (nSPS) is 12.0. The molecule has 4 nitrogen and oxygen atoms in total. The van der Waals surface area contributed by atoms with E-state index in [-0.39, 0.29) is 6.04 Å². The standard InChI is InChI=1S/C17H22N2O2/c1-3-20-14-9-7-8-13(12-14)17(19-18)15-10-5-6-11-16(15)21-4-2/h5-12,17,19H,3-4,18H2,1-2H3. The van der Waals surface area contributed by atoms with Crippen molar-refractivity contribution in [2.45, 2.75) is 19.9 Å². The van der Waals surface area contributed by atoms with Gasteiger partial charge in [0.05, 0.1) is 19.3 Å². The second-order valence-electron chi connectivity index (χ2n) is 4.58. The van der Waals surface area contributed by atoms with Gasteiger partial charge in [0.25, 0.3) is 0 Å². The average Bonchev–Trinajstić information content (AvgIpc) is 2.51. The molecule has 4 heteroatoms. The van der Waals surface area contributed by atoms with Crippen LogP contribution in [-0.2, 0) is 0 Å². The van der Waals surface area contributed by atoms with E-state index >= 15 is 0 Å². The first-order chi connectivity index (χ1) is 10.3. The fraction of sp³-hybridized carbons (Fsp3) is 0.294. The molecule has 112 valence electrons. The summed E-state index contributed by atoms with van der Waals surface area (Å²) in [6, 6.07) is 15.7. The van der Waals surface area contributed by atoms with Crippen molar-refractivity contribution in [2.24, 2.45) is 5.84 Å². The number of hydrogen-bond acceptors (Lipinski definition) is 4. The summed E-state index contributed by atoms with van der Waals surface area (Å²) < 4.78 is 11.2. The van der Waals surface area contributed by atoms with Gasteiger partial charge in [0.1, 0.15) is 11.5 Å². The van der Waals surface area contributed by atoms with Gasteiger partial charge in [-0.25, -0.2) is 5.43 Å². The SMILES string of the molecule is CCOc1cccc(C(NN)c2ccccc2OCC)c1. The minimum Gasteiger partial charge on any atom is -0.494 e. The molecule has 2 rings (SSSR count). The molecular weight excluding hydrogens is 264 g/mol. The minimum atomic E-state index is -0.145. The first-order valence-corrected chi connectivity index (χ1v) is 7.20. The van der Waals surface area contributed by atoms with E-state index in [1.54, 1.807) is 0 Å². The van der Waals surface area contributed by atoms with Crippen LogP contribution in [0.5, 0.6) is 11.5 Å². The minimum absolute atomic E-state index is 0.145. The molecule has 0 aromatic heterocycles. The fourth-order valence-corrected chi connectivity index (χ4v) is 2.32. The quantitative estimate of drug-likeness (QED) is 0.607. The number of hydrogen-bond donors (Lipinski definition) is 2. The van der Waals surface area contributed by atoms with Crippen LogP contribution in [0.1, 0.15) is 31.0 Å². The lowest BCUT2D eigenvalue weighted by Gasteiger charge is -2.20. The molecule has 0 aliphatic heterocycles. The Hall–Kier alpha value is -2.04. The van der Waals surface area contributed by atoms with E-state index in [2.05, 4.69) is 5.43 Å². The summed E-state index contributed by atoms with van der Waals surface area (Å²) in [5, 5.41) is 0. The summed E-state index contributed by atoms with van der Waals surface area (Å²) in [6.07, 6.45) is 0. The maximum absolute atomic E-state index is 5.78. The predicted octanol–water partition coefficient (Wildman–Crippen LogP) is 3.04. The lowest BCUT2D eigenvalue weighted by molar-refractivity contribution is 0.332. The van der Waals surface area contributed by atoms with Crippen LogP contribution < -0.4 is 20.7 Å². The highest BCUT2D eigenvalue weighted by molar-refractivity contribution is 5.43. The molecule has 0 heterocycles. The van der Waals surface area contributed by atoms with E-state index in [0.717, 1.165) is 22.6 Å². The lowest BCUT2D eigenvalue weighted by Crippen LogP contribution is -2.29. The van der Waals surface area contributed by atoms with Crippen LogP contribution in [0.3, 0.4) is 0 Å². The maximum atomic E-state index is 5.78. The zero-order valence-corrected chi connectivity index (χ0v) is 12.5. The number of nitrogens with one attached hydrogen (secondary N) is 1. The topological polar surface area (TPSA) is 56.5 Å². The van der Waals surface area contributed by atoms with Gasteiger partial charge in [0.15, 0.2) is 0 Å². The molecule has 1 atom stereocenters. The third kappa shape index (κ3) is 3.74. The molecule has 2 aromatic rings. The molecule has 1 unspecified atom stereocenters. The van der Waals surface area contributed by atoms with Gasteiger partial charge in [0.2, 0.25) is 0 Å². The molecule has 0 spiro atoms. The van der Waals surface area contributed by atoms with Crippen LogP contribution >= 0.6 is 0 Å². The van der Waals surface area contributed by atoms with E-state index in [1.165, 1.54) is 0 Å². The monoisotopic (exact) mass is 286 g/mol. The molecule has 0 aliphatic rings. The Labute approximate surface area is 125 Å². The van der Waals surface area contributed by atoms with Gasteiger partial charge < -0.3 is 9.47 Å². The molecular formula is C17H22N2O2. The first kappa shape index (κ1) is 15.4. The molecule has 3 N–H and O–H groups in total. The summed E-state index contributed by atoms with van der Waals surface area (Å²) in [4.78, 5) is 0. The smallest absolute Gasteiger partial charge is 0.124 e. The number of nitrogens with two attached hydrogens (primary N) is 1. The van der Waals surface area contributed by atoms with Crippen molar-refractivity contribution < 1.29 is 9.47 Å². The molecule has 0 bridgehead atoms. The van der Waals surface area contributed by atoms with Gasteiger partial charge in [-0.05, 0) is 37.6 Å². The summed E-state index contributed by atoms with van der Waals surface area (Å²) in [5.74, 6) is 7.45. The van der Waals surface area contributed by atoms with E-state index in [0.29, 0.717) is 13.2 Å². The first-order valence-electron chi connectivity index (χ1n) is 7.20. The number of hydrazine groups is 1. The summed E-state index contributed by atoms with van der Waals surface area (Å²) in [7, 11) is 0. The third-order valence-corrected chi connectivity index (χ3v) is 3.20. The van der Waals surface area contributed by atoms with Gasteiger partial charge in [-0.15, -0.1) is 0 Å². The highest BCUT2D eigenvalue weighted by atomic mass is 16.5. The van der Waals surface area contributed by atoms with E-state index in [1.807, 2.05) is 62.4 Å². The number of rotatable bonds is 7. The van der Waals surface area contributed by atoms with Gasteiger partial charge in [-0.2, -0.15) is 0 Å². The van der Waals surface area contributed by atoms with Crippen LogP contribution in [0, 0.1) is 0 Å². The van der Waals surface area contributed by atoms with Crippen LogP contribution in [0.2, 0.25) is 0 Å². The molecule has 0 amide bonds. The molecule has 2 aromatic carbocycles. The molecule has 0 saturated carbocycles. The van der Waals surface area contributed by atoms with E-state index in [4.69, 9.17) is 15.3 Å². The summed E-state index contributed by atoms with van der Waals surface area (Å²) >= 11 is 0. The van der Waals surface area contributed by atoms with Crippen LogP contribution in [0.15, 0.2) is 48.5 Å². The summed E-state index contributed by atoms with van der Waals surface area (Å²) in [5.41, 5.74) is 4.91. The largest absolute Gasteiger partial charge is 0.494 e. The van der Waals surface area contributed by atoms with Gasteiger partial charge in [-0.3, -0.25) is 5.84 Å². The van der Waals surface area contributed by atoms with E-state index < -0.39 is 0 Å². The second-order valence-corrected chi connectivity index (χ2v) is 4.58. The van der Waals surface area contributed by atoms with Crippen molar-refractivity contribution in [3.8, 4) is 11.5 Å². The van der Waals surface area contributed by atoms with Crippen molar-refractivity contribution >= 4 is 0 Å². The zero-order chi connectivity index (χ0) is 15.1. The molecule has 21 heavy (non-hydrogen) atoms. The Balaban J connectivity index is 2.37. The second kappa shape index (κ2) is 7.67. The molecule has 0 saturated heterocycles. The number of para-hydroxylation sites is 1. The highest BCUT2D eigenvalue weighted by Gasteiger charge is 2.17. The zero-order valence-electron chi connectivity index (χ0n) is 12.5. The van der Waals surface area contributed by atoms with E-state index in [9.17, 15) is 0 Å². The Morgan fingerprint density at radius 2 is 1.76 bits per heavy atom. The summed E-state index contributed by atoms with van der Waals surface area (Å²) in [6.45, 7) is 5.19. The number of benzene rings is 2. The van der Waals surface area contributed by atoms with Gasteiger partial charge >= 0.3 is 0 Å². The average molecular weight is 286 g/mol. The molecule has 0 fully saturated rings. The third-order valence-electron chi connectivity index (χ3n) is 3.20. The lowest BCUT2D eigenvalue weighted by atomic mass is 9.98. The molecule has 0 aliphatic carbocycles. The van der Waals surface area contributed by atoms with Crippen LogP contribution in [-0.4, -0.2) is 13.2 Å². The van der Waals surface area contributed by atoms with Crippen molar-refractivity contribution in [3.05, 3.63) is 59.7 Å². The Kier molecular flexibility index (Phi) is 5.60. The Bertz CT molecular complexity index is 572. The fourth-order valence-electron chi connectivity index (χ4n) is 2.32. The van der Waals surface area contributed by atoms with Gasteiger partial charge in [-0.1, -0.05) is 30.3 Å². The molecule has 0 radical (unpaired) electrons. The van der Waals surface area contributed by atoms with Crippen LogP contribution in [0.25, 0.3) is 0 Å².